The molecule has 3 rings (SSSR count). The van der Waals surface area contributed by atoms with E-state index in [1.54, 1.807) is 17.9 Å². The topological polar surface area (TPSA) is 86.8 Å². The van der Waals surface area contributed by atoms with Gasteiger partial charge < -0.3 is 10.2 Å². The van der Waals surface area contributed by atoms with Crippen LogP contribution in [-0.2, 0) is 26.2 Å². The Morgan fingerprint density at radius 1 is 1.00 bits per heavy atom. The normalized spacial score (nSPS) is 15.1. The number of rotatable bonds is 11. The van der Waals surface area contributed by atoms with E-state index >= 15 is 0 Å². The highest BCUT2D eigenvalue weighted by atomic mass is 32.2. The van der Waals surface area contributed by atoms with Gasteiger partial charge in [-0.05, 0) is 68.9 Å². The minimum atomic E-state index is -3.52. The lowest BCUT2D eigenvalue weighted by Gasteiger charge is -2.31. The largest absolute Gasteiger partial charge is 0.352 e. The Morgan fingerprint density at radius 3 is 2.30 bits per heavy atom. The second-order valence-electron chi connectivity index (χ2n) is 10.2. The van der Waals surface area contributed by atoms with E-state index in [4.69, 9.17) is 0 Å². The number of amides is 2. The number of carbonyl (C=O) groups excluding carboxylic acids is 2. The van der Waals surface area contributed by atoms with E-state index in [0.29, 0.717) is 18.7 Å². The van der Waals surface area contributed by atoms with Gasteiger partial charge in [-0.3, -0.25) is 13.9 Å². The quantitative estimate of drug-likeness (QED) is 0.458. The molecule has 1 aliphatic carbocycles. The smallest absolute Gasteiger partial charge is 0.242 e. The van der Waals surface area contributed by atoms with Crippen LogP contribution in [0.4, 0.5) is 5.69 Å². The Balaban J connectivity index is 1.70. The average molecular weight is 528 g/mol. The van der Waals surface area contributed by atoms with E-state index in [-0.39, 0.29) is 30.8 Å². The van der Waals surface area contributed by atoms with Crippen LogP contribution in [0.5, 0.6) is 0 Å². The monoisotopic (exact) mass is 527 g/mol. The predicted molar refractivity (Wildman–Crippen MR) is 149 cm³/mol. The van der Waals surface area contributed by atoms with Crippen molar-refractivity contribution in [3.8, 4) is 0 Å². The molecule has 2 amide bonds. The summed E-state index contributed by atoms with van der Waals surface area (Å²) in [5.41, 5.74) is 3.64. The van der Waals surface area contributed by atoms with Gasteiger partial charge in [0.05, 0.1) is 11.9 Å². The minimum absolute atomic E-state index is 0.135. The van der Waals surface area contributed by atoms with E-state index in [0.717, 1.165) is 42.4 Å². The van der Waals surface area contributed by atoms with E-state index in [1.165, 1.54) is 17.0 Å². The SMILES string of the molecule is Cc1ccc(N(CCCC(=O)N(Cc2ccccc2)[C@H](C)C(=O)NC2CCCCC2)S(C)(=O)=O)cc1C. The zero-order valence-corrected chi connectivity index (χ0v) is 23.4. The molecule has 1 N–H and O–H groups in total. The first kappa shape index (κ1) is 28.7. The molecular weight excluding hydrogens is 486 g/mol. The van der Waals surface area contributed by atoms with Gasteiger partial charge >= 0.3 is 0 Å². The maximum atomic E-state index is 13.4. The van der Waals surface area contributed by atoms with Gasteiger partial charge in [0.15, 0.2) is 0 Å². The molecular formula is C29H41N3O4S. The molecule has 0 unspecified atom stereocenters. The van der Waals surface area contributed by atoms with Crippen LogP contribution < -0.4 is 9.62 Å². The average Bonchev–Trinajstić information content (AvgIpc) is 2.87. The first-order chi connectivity index (χ1) is 17.6. The molecule has 0 radical (unpaired) electrons. The molecule has 1 atom stereocenters. The van der Waals surface area contributed by atoms with Crippen molar-refractivity contribution >= 4 is 27.5 Å². The molecule has 0 saturated heterocycles. The molecule has 2 aromatic carbocycles. The molecule has 1 saturated carbocycles. The van der Waals surface area contributed by atoms with Crippen molar-refractivity contribution in [3.63, 3.8) is 0 Å². The number of anilines is 1. The molecule has 8 heteroatoms. The maximum absolute atomic E-state index is 13.4. The standard InChI is InChI=1S/C29H41N3O4S/c1-22-17-18-27(20-23(22)2)32(37(4,35)36)19-11-16-28(33)31(21-25-12-7-5-8-13-25)24(3)29(34)30-26-14-9-6-10-15-26/h5,7-8,12-13,17-18,20,24,26H,6,9-11,14-16,19,21H2,1-4H3,(H,30,34)/t24-/m1/s1. The summed E-state index contributed by atoms with van der Waals surface area (Å²) in [6.45, 7) is 6.22. The number of benzene rings is 2. The summed E-state index contributed by atoms with van der Waals surface area (Å²) in [5, 5.41) is 3.14. The lowest BCUT2D eigenvalue weighted by molar-refractivity contribution is -0.141. The molecule has 2 aromatic rings. The Morgan fingerprint density at radius 2 is 1.68 bits per heavy atom. The summed E-state index contributed by atoms with van der Waals surface area (Å²) in [5.74, 6) is -0.298. The number of carbonyl (C=O) groups is 2. The van der Waals surface area contributed by atoms with Gasteiger partial charge in [-0.2, -0.15) is 0 Å². The molecule has 0 aromatic heterocycles. The lowest BCUT2D eigenvalue weighted by Crippen LogP contribution is -2.50. The number of aryl methyl sites for hydroxylation is 2. The first-order valence-electron chi connectivity index (χ1n) is 13.2. The third-order valence-corrected chi connectivity index (χ3v) is 8.44. The highest BCUT2D eigenvalue weighted by Crippen LogP contribution is 2.23. The number of sulfonamides is 1. The van der Waals surface area contributed by atoms with E-state index in [1.807, 2.05) is 56.3 Å². The third-order valence-electron chi connectivity index (χ3n) is 7.25. The van der Waals surface area contributed by atoms with Crippen LogP contribution in [0.3, 0.4) is 0 Å². The summed E-state index contributed by atoms with van der Waals surface area (Å²) in [7, 11) is -3.52. The second-order valence-corrected chi connectivity index (χ2v) is 12.1. The van der Waals surface area contributed by atoms with Crippen molar-refractivity contribution in [2.45, 2.75) is 84.3 Å². The fraction of sp³-hybridized carbons (Fsp3) is 0.517. The van der Waals surface area contributed by atoms with Gasteiger partial charge in [-0.1, -0.05) is 55.7 Å². The van der Waals surface area contributed by atoms with E-state index < -0.39 is 16.1 Å². The van der Waals surface area contributed by atoms with Crippen LogP contribution in [0.15, 0.2) is 48.5 Å². The van der Waals surface area contributed by atoms with E-state index in [2.05, 4.69) is 5.32 Å². The lowest BCUT2D eigenvalue weighted by atomic mass is 9.95. The van der Waals surface area contributed by atoms with Crippen LogP contribution in [0.2, 0.25) is 0 Å². The van der Waals surface area contributed by atoms with Crippen molar-refractivity contribution in [1.82, 2.24) is 10.2 Å². The fourth-order valence-electron chi connectivity index (χ4n) is 4.82. The van der Waals surface area contributed by atoms with Crippen LogP contribution in [0.1, 0.15) is 68.6 Å². The molecule has 0 aliphatic heterocycles. The number of hydrogen-bond acceptors (Lipinski definition) is 4. The van der Waals surface area contributed by atoms with Gasteiger partial charge in [-0.25, -0.2) is 8.42 Å². The van der Waals surface area contributed by atoms with Gasteiger partial charge in [0.2, 0.25) is 21.8 Å². The van der Waals surface area contributed by atoms with Gasteiger partial charge in [-0.15, -0.1) is 0 Å². The second kappa shape index (κ2) is 13.1. The van der Waals surface area contributed by atoms with Crippen LogP contribution in [0, 0.1) is 13.8 Å². The van der Waals surface area contributed by atoms with Crippen molar-refractivity contribution < 1.29 is 18.0 Å². The van der Waals surface area contributed by atoms with Crippen LogP contribution >= 0.6 is 0 Å². The van der Waals surface area contributed by atoms with Gasteiger partial charge in [0.25, 0.3) is 0 Å². The Bertz CT molecular complexity index is 1160. The van der Waals surface area contributed by atoms with E-state index in [9.17, 15) is 18.0 Å². The van der Waals surface area contributed by atoms with Crippen molar-refractivity contribution in [3.05, 3.63) is 65.2 Å². The fourth-order valence-corrected chi connectivity index (χ4v) is 5.77. The molecule has 202 valence electrons. The number of hydrogen-bond donors (Lipinski definition) is 1. The molecule has 0 spiro atoms. The molecule has 1 aliphatic rings. The van der Waals surface area contributed by atoms with Gasteiger partial charge in [0.1, 0.15) is 6.04 Å². The first-order valence-corrected chi connectivity index (χ1v) is 15.1. The highest BCUT2D eigenvalue weighted by molar-refractivity contribution is 7.92. The number of nitrogens with one attached hydrogen (secondary N) is 1. The van der Waals surface area contributed by atoms with Crippen molar-refractivity contribution in [1.29, 1.82) is 0 Å². The van der Waals surface area contributed by atoms with Crippen molar-refractivity contribution in [2.24, 2.45) is 0 Å². The highest BCUT2D eigenvalue weighted by Gasteiger charge is 2.28. The molecule has 0 heterocycles. The van der Waals surface area contributed by atoms with Crippen LogP contribution in [-0.4, -0.2) is 50.0 Å². The third kappa shape index (κ3) is 8.32. The summed E-state index contributed by atoms with van der Waals surface area (Å²) in [6, 6.07) is 14.7. The summed E-state index contributed by atoms with van der Waals surface area (Å²) in [6.07, 6.45) is 7.06. The Labute approximate surface area is 222 Å². The maximum Gasteiger partial charge on any atom is 0.242 e. The molecule has 7 nitrogen and oxygen atoms in total. The Hall–Kier alpha value is -2.87. The summed E-state index contributed by atoms with van der Waals surface area (Å²) >= 11 is 0. The summed E-state index contributed by atoms with van der Waals surface area (Å²) in [4.78, 5) is 28.2. The predicted octanol–water partition coefficient (Wildman–Crippen LogP) is 4.72. The molecule has 37 heavy (non-hydrogen) atoms. The van der Waals surface area contributed by atoms with Crippen LogP contribution in [0.25, 0.3) is 0 Å². The number of nitrogens with zero attached hydrogens (tertiary/aromatic N) is 2. The zero-order valence-electron chi connectivity index (χ0n) is 22.6. The Kier molecular flexibility index (Phi) is 10.1. The minimum Gasteiger partial charge on any atom is -0.352 e. The molecule has 0 bridgehead atoms. The van der Waals surface area contributed by atoms with Gasteiger partial charge in [0, 0.05) is 25.6 Å². The molecule has 1 fully saturated rings. The van der Waals surface area contributed by atoms with Crippen molar-refractivity contribution in [2.75, 3.05) is 17.1 Å². The summed E-state index contributed by atoms with van der Waals surface area (Å²) < 4.78 is 26.4. The zero-order chi connectivity index (χ0) is 27.0.